The lowest BCUT2D eigenvalue weighted by Crippen LogP contribution is -2.22. The number of nitrogens with zero attached hydrogens (tertiary/aromatic N) is 3. The quantitative estimate of drug-likeness (QED) is 0.771. The number of carbonyl (C=O) groups excluding carboxylic acids is 1. The van der Waals surface area contributed by atoms with E-state index in [0.717, 1.165) is 11.3 Å². The molecule has 0 spiro atoms. The Bertz CT molecular complexity index is 718. The van der Waals surface area contributed by atoms with Crippen LogP contribution in [0.5, 0.6) is 0 Å². The molecule has 1 atom stereocenters. The zero-order valence-electron chi connectivity index (χ0n) is 11.5. The number of aromatic nitrogens is 4. The molecule has 0 aliphatic heterocycles. The van der Waals surface area contributed by atoms with E-state index < -0.39 is 0 Å². The van der Waals surface area contributed by atoms with Crippen LogP contribution < -0.4 is 5.32 Å². The Hall–Kier alpha value is -2.89. The van der Waals surface area contributed by atoms with E-state index in [1.54, 1.807) is 0 Å². The van der Waals surface area contributed by atoms with E-state index in [2.05, 4.69) is 20.5 Å². The summed E-state index contributed by atoms with van der Waals surface area (Å²) >= 11 is 0. The molecule has 0 radical (unpaired) electrons. The minimum atomic E-state index is -0.270. The first-order valence-corrected chi connectivity index (χ1v) is 6.63. The SMILES string of the molecule is C[C@@H](C(=O)Nc1cccc(-c2ncn[nH]2)c1)n1cccc1. The van der Waals surface area contributed by atoms with Crippen molar-refractivity contribution in [1.29, 1.82) is 0 Å². The smallest absolute Gasteiger partial charge is 0.247 e. The number of hydrogen-bond acceptors (Lipinski definition) is 3. The fourth-order valence-corrected chi connectivity index (χ4v) is 2.08. The van der Waals surface area contributed by atoms with E-state index in [9.17, 15) is 4.79 Å². The van der Waals surface area contributed by atoms with Gasteiger partial charge in [0.25, 0.3) is 0 Å². The second-order valence-corrected chi connectivity index (χ2v) is 4.71. The van der Waals surface area contributed by atoms with Crippen LogP contribution in [0.25, 0.3) is 11.4 Å². The normalized spacial score (nSPS) is 12.0. The molecule has 3 aromatic rings. The average molecular weight is 281 g/mol. The molecule has 0 saturated carbocycles. The van der Waals surface area contributed by atoms with Crippen LogP contribution in [0.4, 0.5) is 5.69 Å². The van der Waals surface area contributed by atoms with Crippen LogP contribution in [0.15, 0.2) is 55.1 Å². The van der Waals surface area contributed by atoms with E-state index >= 15 is 0 Å². The summed E-state index contributed by atoms with van der Waals surface area (Å²) in [6.07, 6.45) is 5.19. The molecule has 21 heavy (non-hydrogen) atoms. The number of aromatic amines is 1. The second kappa shape index (κ2) is 5.62. The summed E-state index contributed by atoms with van der Waals surface area (Å²) in [6.45, 7) is 1.86. The largest absolute Gasteiger partial charge is 0.342 e. The minimum absolute atomic E-state index is 0.0686. The summed E-state index contributed by atoms with van der Waals surface area (Å²) in [5.74, 6) is 0.602. The zero-order chi connectivity index (χ0) is 14.7. The molecule has 3 rings (SSSR count). The molecule has 1 aromatic carbocycles. The lowest BCUT2D eigenvalue weighted by molar-refractivity contribution is -0.118. The maximum atomic E-state index is 12.2. The highest BCUT2D eigenvalue weighted by molar-refractivity contribution is 5.94. The van der Waals surface area contributed by atoms with Crippen molar-refractivity contribution in [2.45, 2.75) is 13.0 Å². The molecule has 2 N–H and O–H groups in total. The van der Waals surface area contributed by atoms with Gasteiger partial charge in [0.15, 0.2) is 5.82 Å². The third-order valence-electron chi connectivity index (χ3n) is 3.27. The van der Waals surface area contributed by atoms with Crippen molar-refractivity contribution >= 4 is 11.6 Å². The number of amides is 1. The van der Waals surface area contributed by atoms with Gasteiger partial charge in [0, 0.05) is 23.6 Å². The minimum Gasteiger partial charge on any atom is -0.342 e. The van der Waals surface area contributed by atoms with Crippen molar-refractivity contribution in [3.8, 4) is 11.4 Å². The summed E-state index contributed by atoms with van der Waals surface area (Å²) in [7, 11) is 0. The fraction of sp³-hybridized carbons (Fsp3) is 0.133. The first kappa shape index (κ1) is 13.1. The lowest BCUT2D eigenvalue weighted by Gasteiger charge is -2.14. The summed E-state index contributed by atoms with van der Waals surface area (Å²) in [5.41, 5.74) is 1.60. The molecular formula is C15H15N5O. The van der Waals surface area contributed by atoms with Crippen molar-refractivity contribution in [1.82, 2.24) is 19.7 Å². The topological polar surface area (TPSA) is 75.6 Å². The van der Waals surface area contributed by atoms with E-state index in [-0.39, 0.29) is 11.9 Å². The van der Waals surface area contributed by atoms with Crippen molar-refractivity contribution in [3.63, 3.8) is 0 Å². The van der Waals surface area contributed by atoms with Crippen LogP contribution in [-0.4, -0.2) is 25.7 Å². The van der Waals surface area contributed by atoms with Crippen LogP contribution in [0.1, 0.15) is 13.0 Å². The monoisotopic (exact) mass is 281 g/mol. The number of H-pyrrole nitrogens is 1. The highest BCUT2D eigenvalue weighted by Crippen LogP contribution is 2.19. The zero-order valence-corrected chi connectivity index (χ0v) is 11.5. The molecule has 106 valence electrons. The molecule has 6 heteroatoms. The summed E-state index contributed by atoms with van der Waals surface area (Å²) in [5, 5.41) is 9.54. The predicted molar refractivity (Wildman–Crippen MR) is 79.6 cm³/mol. The van der Waals surface area contributed by atoms with Gasteiger partial charge < -0.3 is 9.88 Å². The average Bonchev–Trinajstić information content (AvgIpc) is 3.20. The van der Waals surface area contributed by atoms with Crippen LogP contribution in [0, 0.1) is 0 Å². The molecule has 1 amide bonds. The van der Waals surface area contributed by atoms with E-state index in [0.29, 0.717) is 5.82 Å². The predicted octanol–water partition coefficient (Wildman–Crippen LogP) is 2.47. The third-order valence-corrected chi connectivity index (χ3v) is 3.27. The molecule has 0 aliphatic rings. The second-order valence-electron chi connectivity index (χ2n) is 4.71. The molecular weight excluding hydrogens is 266 g/mol. The number of carbonyl (C=O) groups is 1. The van der Waals surface area contributed by atoms with Gasteiger partial charge in [-0.15, -0.1) is 0 Å². The molecule has 0 unspecified atom stereocenters. The van der Waals surface area contributed by atoms with Gasteiger partial charge in [-0.25, -0.2) is 4.98 Å². The molecule has 2 heterocycles. The summed E-state index contributed by atoms with van der Waals surface area (Å²) in [6, 6.07) is 11.0. The first-order valence-electron chi connectivity index (χ1n) is 6.63. The van der Waals surface area contributed by atoms with Gasteiger partial charge in [-0.3, -0.25) is 9.89 Å². The number of rotatable bonds is 4. The Labute approximate surface area is 121 Å². The van der Waals surface area contributed by atoms with Gasteiger partial charge in [0.2, 0.25) is 5.91 Å². The Morgan fingerprint density at radius 1 is 1.29 bits per heavy atom. The van der Waals surface area contributed by atoms with Gasteiger partial charge in [-0.05, 0) is 31.2 Å². The fourth-order valence-electron chi connectivity index (χ4n) is 2.08. The number of nitrogens with one attached hydrogen (secondary N) is 2. The van der Waals surface area contributed by atoms with Gasteiger partial charge in [-0.1, -0.05) is 12.1 Å². The van der Waals surface area contributed by atoms with Gasteiger partial charge in [-0.2, -0.15) is 5.10 Å². The summed E-state index contributed by atoms with van der Waals surface area (Å²) in [4.78, 5) is 16.3. The Morgan fingerprint density at radius 3 is 2.81 bits per heavy atom. The maximum Gasteiger partial charge on any atom is 0.247 e. The number of hydrogen-bond donors (Lipinski definition) is 2. The van der Waals surface area contributed by atoms with E-state index in [4.69, 9.17) is 0 Å². The highest BCUT2D eigenvalue weighted by Gasteiger charge is 2.14. The highest BCUT2D eigenvalue weighted by atomic mass is 16.2. The van der Waals surface area contributed by atoms with E-state index in [1.165, 1.54) is 6.33 Å². The maximum absolute atomic E-state index is 12.2. The number of anilines is 1. The van der Waals surface area contributed by atoms with E-state index in [1.807, 2.05) is 60.3 Å². The van der Waals surface area contributed by atoms with Crippen LogP contribution in [0.2, 0.25) is 0 Å². The molecule has 0 aliphatic carbocycles. The van der Waals surface area contributed by atoms with Gasteiger partial charge in [0.05, 0.1) is 0 Å². The molecule has 0 saturated heterocycles. The molecule has 0 fully saturated rings. The lowest BCUT2D eigenvalue weighted by atomic mass is 10.2. The van der Waals surface area contributed by atoms with Crippen LogP contribution >= 0.6 is 0 Å². The summed E-state index contributed by atoms with van der Waals surface area (Å²) < 4.78 is 1.86. The Balaban J connectivity index is 1.76. The number of benzene rings is 1. The molecule has 2 aromatic heterocycles. The van der Waals surface area contributed by atoms with Gasteiger partial charge >= 0.3 is 0 Å². The molecule has 0 bridgehead atoms. The standard InChI is InChI=1S/C15H15N5O/c1-11(20-7-2-3-8-20)15(21)18-13-6-4-5-12(9-13)14-16-10-17-19-14/h2-11H,1H3,(H,18,21)(H,16,17,19)/t11-/m0/s1. The molecule has 6 nitrogen and oxygen atoms in total. The third kappa shape index (κ3) is 2.84. The van der Waals surface area contributed by atoms with Gasteiger partial charge in [0.1, 0.15) is 12.4 Å². The van der Waals surface area contributed by atoms with Crippen molar-refractivity contribution in [2.24, 2.45) is 0 Å². The van der Waals surface area contributed by atoms with Crippen LogP contribution in [0.3, 0.4) is 0 Å². The first-order chi connectivity index (χ1) is 10.2. The van der Waals surface area contributed by atoms with Crippen LogP contribution in [-0.2, 0) is 4.79 Å². The Morgan fingerprint density at radius 2 is 2.10 bits per heavy atom. The van der Waals surface area contributed by atoms with Crippen molar-refractivity contribution < 1.29 is 4.79 Å². The van der Waals surface area contributed by atoms with Crippen molar-refractivity contribution in [3.05, 3.63) is 55.1 Å². The Kier molecular flexibility index (Phi) is 3.51. The van der Waals surface area contributed by atoms with Crippen molar-refractivity contribution in [2.75, 3.05) is 5.32 Å².